The van der Waals surface area contributed by atoms with Gasteiger partial charge < -0.3 is 5.11 Å². The van der Waals surface area contributed by atoms with Crippen molar-refractivity contribution in [2.75, 3.05) is 0 Å². The van der Waals surface area contributed by atoms with E-state index in [0.717, 1.165) is 4.74 Å². The van der Waals surface area contributed by atoms with Gasteiger partial charge in [0.2, 0.25) is 0 Å². The smallest absolute Gasteiger partial charge is 0.331 e. The van der Waals surface area contributed by atoms with Gasteiger partial charge in [-0.2, -0.15) is 83.4 Å². The molecule has 0 aromatic heterocycles. The molecule has 0 fully saturated rings. The molecule has 206 valence electrons. The number of rotatable bonds is 10. The fraction of sp³-hybridized carbons (Fsp3) is 1.00. The van der Waals surface area contributed by atoms with E-state index in [9.17, 15) is 87.8 Å². The van der Waals surface area contributed by atoms with Gasteiger partial charge in [-0.3, -0.25) is 0 Å². The predicted octanol–water partition coefficient (Wildman–Crippen LogP) is 6.35. The minimum atomic E-state index is -8.32. The summed E-state index contributed by atoms with van der Waals surface area (Å²) < 4.78 is 256. The van der Waals surface area contributed by atoms with Gasteiger partial charge >= 0.3 is 59.6 Å². The third-order valence-electron chi connectivity index (χ3n) is 3.10. The molecule has 0 radical (unpaired) electrons. The van der Waals surface area contributed by atoms with Gasteiger partial charge in [0.25, 0.3) is 0 Å². The van der Waals surface area contributed by atoms with Gasteiger partial charge in [-0.1, -0.05) is 11.6 Å². The molecule has 0 aliphatic rings. The van der Waals surface area contributed by atoms with Crippen molar-refractivity contribution in [1.82, 2.24) is 0 Å². The third kappa shape index (κ3) is 5.01. The maximum Gasteiger partial charge on any atom is 0.446 e. The zero-order valence-corrected chi connectivity index (χ0v) is 15.0. The number of alkyl halides is 21. The molecule has 1 atom stereocenters. The van der Waals surface area contributed by atoms with Crippen LogP contribution in [0.15, 0.2) is 0 Å². The van der Waals surface area contributed by atoms with Crippen LogP contribution in [0.4, 0.5) is 87.8 Å². The van der Waals surface area contributed by atoms with E-state index in [0.29, 0.717) is 0 Å². The minimum absolute atomic E-state index is 1.05. The van der Waals surface area contributed by atoms with Gasteiger partial charge in [0.15, 0.2) is 0 Å². The second kappa shape index (κ2) is 8.15. The molecule has 24 heteroatoms. The summed E-state index contributed by atoms with van der Waals surface area (Å²) in [6, 6.07) is 0. The summed E-state index contributed by atoms with van der Waals surface area (Å²) >= 11 is 3.47. The zero-order chi connectivity index (χ0) is 28.4. The van der Waals surface area contributed by atoms with Gasteiger partial charge in [0.05, 0.1) is 0 Å². The Kier molecular flexibility index (Phi) is 7.85. The number of hydrogen-bond donors (Lipinski definition) is 1. The Morgan fingerprint density at radius 2 is 0.676 bits per heavy atom. The number of ether oxygens (including phenoxy) is 2. The van der Waals surface area contributed by atoms with E-state index in [1.807, 2.05) is 0 Å². The molecule has 0 saturated carbocycles. The van der Waals surface area contributed by atoms with Crippen molar-refractivity contribution in [2.24, 2.45) is 0 Å². The topological polar surface area (TPSA) is 38.7 Å². The molecule has 0 spiro atoms. The molecule has 3 nitrogen and oxygen atoms in total. The lowest BCUT2D eigenvalue weighted by Crippen LogP contribution is -2.67. The van der Waals surface area contributed by atoms with Crippen LogP contribution < -0.4 is 0 Å². The zero-order valence-electron chi connectivity index (χ0n) is 14.2. The second-order valence-electron chi connectivity index (χ2n) is 5.61. The highest BCUT2D eigenvalue weighted by Crippen LogP contribution is 2.58. The normalized spacial score (nSPS) is 18.2. The summed E-state index contributed by atoms with van der Waals surface area (Å²) in [5.74, 6) is -24.4. The molecule has 1 N–H and O–H groups in total. The van der Waals surface area contributed by atoms with Crippen LogP contribution in [0.3, 0.4) is 0 Å². The summed E-state index contributed by atoms with van der Waals surface area (Å²) in [6.07, 6.45) is -46.3. The van der Waals surface area contributed by atoms with E-state index in [4.69, 9.17) is 5.11 Å². The molecule has 0 rings (SSSR count). The van der Waals surface area contributed by atoms with Crippen molar-refractivity contribution in [1.29, 1.82) is 0 Å². The number of aliphatic hydroxyl groups is 1. The average molecular weight is 585 g/mol. The fourth-order valence-electron chi connectivity index (χ4n) is 1.28. The van der Waals surface area contributed by atoms with Crippen LogP contribution in [0, 0.1) is 0 Å². The molecule has 0 aromatic rings. The van der Waals surface area contributed by atoms with E-state index in [1.54, 1.807) is 0 Å². The van der Waals surface area contributed by atoms with E-state index < -0.39 is 59.6 Å². The Balaban J connectivity index is 6.35. The summed E-state index contributed by atoms with van der Waals surface area (Å²) in [5, 5.41) is 0.521. The van der Waals surface area contributed by atoms with Crippen LogP contribution in [-0.2, 0) is 9.47 Å². The summed E-state index contributed by atoms with van der Waals surface area (Å²) in [7, 11) is 0. The van der Waals surface area contributed by atoms with Crippen LogP contribution in [0.2, 0.25) is 0 Å². The van der Waals surface area contributed by atoms with Crippen LogP contribution in [-0.4, -0.2) is 64.7 Å². The maximum absolute atomic E-state index is 13.2. The molecule has 0 aliphatic carbocycles. The van der Waals surface area contributed by atoms with E-state index in [1.165, 1.54) is 4.74 Å². The highest BCUT2D eigenvalue weighted by molar-refractivity contribution is 6.24. The molecular formula is C10HClF20O3. The largest absolute Gasteiger partial charge is 0.446 e. The lowest BCUT2D eigenvalue weighted by atomic mass is 10.1. The minimum Gasteiger partial charge on any atom is -0.331 e. The van der Waals surface area contributed by atoms with Gasteiger partial charge in [-0.25, -0.2) is 13.9 Å². The van der Waals surface area contributed by atoms with Gasteiger partial charge in [-0.05, 0) is 0 Å². The van der Waals surface area contributed by atoms with E-state index in [-0.39, 0.29) is 0 Å². The lowest BCUT2D eigenvalue weighted by molar-refractivity contribution is -0.543. The Hall–Kier alpha value is -1.23. The molecule has 0 bridgehead atoms. The van der Waals surface area contributed by atoms with Crippen molar-refractivity contribution < 1.29 is 102 Å². The average Bonchev–Trinajstić information content (AvgIpc) is 2.49. The Morgan fingerprint density at radius 1 is 0.412 bits per heavy atom. The third-order valence-corrected chi connectivity index (χ3v) is 3.54. The van der Waals surface area contributed by atoms with Crippen molar-refractivity contribution >= 4 is 11.6 Å². The van der Waals surface area contributed by atoms with Gasteiger partial charge in [0, 0.05) is 0 Å². The summed E-state index contributed by atoms with van der Waals surface area (Å²) in [4.78, 5) is 0. The Bertz CT molecular complexity index is 736. The summed E-state index contributed by atoms with van der Waals surface area (Å²) in [5.41, 5.74) is 0. The second-order valence-corrected chi connectivity index (χ2v) is 6.13. The SMILES string of the molecule is OC(F)(F)C(F)(F)C(F)(F)C(F)(F)OC(F)(F)C(F)(F)C(F)(F)OC(F)(F)C(F)(Cl)C(F)(F)F. The van der Waals surface area contributed by atoms with Crippen LogP contribution in [0.5, 0.6) is 0 Å². The van der Waals surface area contributed by atoms with Crippen molar-refractivity contribution in [3.63, 3.8) is 0 Å². The first kappa shape index (κ1) is 32.8. The Labute approximate surface area is 175 Å². The number of halogens is 21. The first-order valence-electron chi connectivity index (χ1n) is 6.76. The van der Waals surface area contributed by atoms with E-state index >= 15 is 0 Å². The molecule has 34 heavy (non-hydrogen) atoms. The van der Waals surface area contributed by atoms with Crippen LogP contribution in [0.1, 0.15) is 0 Å². The number of hydrogen-bond acceptors (Lipinski definition) is 3. The highest BCUT2D eigenvalue weighted by atomic mass is 35.5. The monoisotopic (exact) mass is 584 g/mol. The summed E-state index contributed by atoms with van der Waals surface area (Å²) in [6.45, 7) is 0. The standard InChI is InChI=1S/C10HClF20O3/c11-1(12,5(19,20)21)7(24,25)33-9(28,29)4(17,18)10(30,31)34-8(26,27)3(15,16)2(13,14)6(22,23)32/h32H. The molecule has 0 saturated heterocycles. The quantitative estimate of drug-likeness (QED) is 0.240. The van der Waals surface area contributed by atoms with Crippen molar-refractivity contribution in [3.05, 3.63) is 0 Å². The molecule has 0 aromatic carbocycles. The van der Waals surface area contributed by atoms with Crippen LogP contribution in [0.25, 0.3) is 0 Å². The fourth-order valence-corrected chi connectivity index (χ4v) is 1.32. The maximum atomic E-state index is 13.2. The Morgan fingerprint density at radius 3 is 0.941 bits per heavy atom. The van der Waals surface area contributed by atoms with Gasteiger partial charge in [-0.15, -0.1) is 0 Å². The molecule has 0 amide bonds. The lowest BCUT2D eigenvalue weighted by Gasteiger charge is -2.39. The molecule has 0 aliphatic heterocycles. The molecular weight excluding hydrogens is 584 g/mol. The molecule has 1 unspecified atom stereocenters. The van der Waals surface area contributed by atoms with Crippen molar-refractivity contribution in [2.45, 2.75) is 59.6 Å². The highest BCUT2D eigenvalue weighted by Gasteiger charge is 2.87. The van der Waals surface area contributed by atoms with Crippen LogP contribution >= 0.6 is 11.6 Å². The van der Waals surface area contributed by atoms with Gasteiger partial charge in [0.1, 0.15) is 0 Å². The van der Waals surface area contributed by atoms with E-state index in [2.05, 4.69) is 11.6 Å². The first-order chi connectivity index (χ1) is 14.2. The molecule has 0 heterocycles. The first-order valence-corrected chi connectivity index (χ1v) is 7.14. The van der Waals surface area contributed by atoms with Crippen molar-refractivity contribution in [3.8, 4) is 0 Å². The predicted molar refractivity (Wildman–Crippen MR) is 59.7 cm³/mol.